The molecule has 21 heavy (non-hydrogen) atoms. The highest BCUT2D eigenvalue weighted by atomic mass is 35.5. The third kappa shape index (κ3) is 2.99. The molecule has 2 aromatic carbocycles. The fraction of sp³-hybridized carbons (Fsp3) is 0. The first-order valence-corrected chi connectivity index (χ1v) is 7.01. The van der Waals surface area contributed by atoms with Gasteiger partial charge < -0.3 is 4.98 Å². The second-order valence-electron chi connectivity index (χ2n) is 4.47. The highest BCUT2D eigenvalue weighted by Crippen LogP contribution is 2.22. The molecule has 0 atom stereocenters. The highest BCUT2D eigenvalue weighted by molar-refractivity contribution is 6.35. The number of H-pyrrole nitrogens is 1. The number of hydrogen-bond donors (Lipinski definition) is 1. The topological polar surface area (TPSA) is 45.8 Å². The molecule has 0 spiro atoms. The van der Waals surface area contributed by atoms with Crippen LogP contribution in [0.15, 0.2) is 47.3 Å². The summed E-state index contributed by atoms with van der Waals surface area (Å²) in [5, 5.41) is 1.69. The van der Waals surface area contributed by atoms with E-state index in [0.717, 1.165) is 5.56 Å². The SMILES string of the molecule is O=c1[nH]c(C=Cc2ccc(Cl)cc2Cl)nc2ccccc12. The third-order valence-corrected chi connectivity index (χ3v) is 3.58. The highest BCUT2D eigenvalue weighted by Gasteiger charge is 2.01. The van der Waals surface area contributed by atoms with Crippen molar-refractivity contribution in [3.8, 4) is 0 Å². The minimum absolute atomic E-state index is 0.164. The summed E-state index contributed by atoms with van der Waals surface area (Å²) in [6.45, 7) is 0. The fourth-order valence-corrected chi connectivity index (χ4v) is 2.46. The Kier molecular flexibility index (Phi) is 3.78. The van der Waals surface area contributed by atoms with Crippen molar-refractivity contribution < 1.29 is 0 Å². The average molecular weight is 317 g/mol. The zero-order valence-corrected chi connectivity index (χ0v) is 12.3. The van der Waals surface area contributed by atoms with Crippen LogP contribution in [0.1, 0.15) is 11.4 Å². The number of nitrogens with zero attached hydrogens (tertiary/aromatic N) is 1. The zero-order valence-electron chi connectivity index (χ0n) is 10.8. The number of nitrogens with one attached hydrogen (secondary N) is 1. The maximum absolute atomic E-state index is 11.9. The van der Waals surface area contributed by atoms with Gasteiger partial charge in [0, 0.05) is 10.0 Å². The van der Waals surface area contributed by atoms with Crippen LogP contribution in [0.25, 0.3) is 23.1 Å². The van der Waals surface area contributed by atoms with E-state index in [1.165, 1.54) is 0 Å². The maximum atomic E-state index is 11.9. The molecule has 0 unspecified atom stereocenters. The number of para-hydroxylation sites is 1. The van der Waals surface area contributed by atoms with Gasteiger partial charge in [-0.25, -0.2) is 4.98 Å². The number of aromatic nitrogens is 2. The molecule has 3 nitrogen and oxygen atoms in total. The van der Waals surface area contributed by atoms with Gasteiger partial charge in [-0.3, -0.25) is 4.79 Å². The van der Waals surface area contributed by atoms with E-state index < -0.39 is 0 Å². The van der Waals surface area contributed by atoms with Crippen LogP contribution in [0.3, 0.4) is 0 Å². The van der Waals surface area contributed by atoms with Crippen LogP contribution in [0.2, 0.25) is 10.0 Å². The first kappa shape index (κ1) is 13.9. The zero-order chi connectivity index (χ0) is 14.8. The second kappa shape index (κ2) is 5.72. The van der Waals surface area contributed by atoms with Crippen molar-refractivity contribution in [1.82, 2.24) is 9.97 Å². The molecular formula is C16H10Cl2N2O. The fourth-order valence-electron chi connectivity index (χ4n) is 1.99. The standard InChI is InChI=1S/C16H10Cl2N2O/c17-11-7-5-10(13(18)9-11)6-8-15-19-14-4-2-1-3-12(14)16(21)20-15/h1-9H,(H,19,20,21). The quantitative estimate of drug-likeness (QED) is 0.761. The van der Waals surface area contributed by atoms with Crippen LogP contribution in [-0.2, 0) is 0 Å². The normalized spacial score (nSPS) is 11.3. The van der Waals surface area contributed by atoms with Gasteiger partial charge in [-0.1, -0.05) is 41.4 Å². The molecule has 1 aromatic heterocycles. The van der Waals surface area contributed by atoms with E-state index in [0.29, 0.717) is 26.8 Å². The van der Waals surface area contributed by atoms with E-state index in [1.807, 2.05) is 12.1 Å². The summed E-state index contributed by atoms with van der Waals surface area (Å²) in [6.07, 6.45) is 3.49. The lowest BCUT2D eigenvalue weighted by atomic mass is 10.2. The van der Waals surface area contributed by atoms with Gasteiger partial charge in [-0.05, 0) is 42.0 Å². The van der Waals surface area contributed by atoms with E-state index in [1.54, 1.807) is 42.5 Å². The van der Waals surface area contributed by atoms with Crippen LogP contribution in [0.5, 0.6) is 0 Å². The van der Waals surface area contributed by atoms with Gasteiger partial charge in [0.2, 0.25) is 0 Å². The van der Waals surface area contributed by atoms with Gasteiger partial charge >= 0.3 is 0 Å². The summed E-state index contributed by atoms with van der Waals surface area (Å²) in [7, 11) is 0. The van der Waals surface area contributed by atoms with E-state index in [9.17, 15) is 4.79 Å². The van der Waals surface area contributed by atoms with E-state index >= 15 is 0 Å². The Bertz CT molecular complexity index is 900. The van der Waals surface area contributed by atoms with Crippen molar-refractivity contribution >= 4 is 46.3 Å². The number of benzene rings is 2. The molecule has 0 saturated carbocycles. The summed E-state index contributed by atoms with van der Waals surface area (Å²) >= 11 is 11.9. The number of halogens is 2. The molecule has 0 fully saturated rings. The van der Waals surface area contributed by atoms with Gasteiger partial charge in [-0.2, -0.15) is 0 Å². The Hall–Kier alpha value is -2.10. The summed E-state index contributed by atoms with van der Waals surface area (Å²) in [5.74, 6) is 0.477. The van der Waals surface area contributed by atoms with Crippen LogP contribution in [-0.4, -0.2) is 9.97 Å². The number of hydrogen-bond acceptors (Lipinski definition) is 2. The van der Waals surface area contributed by atoms with Crippen LogP contribution < -0.4 is 5.56 Å². The Labute approximate surface area is 130 Å². The van der Waals surface area contributed by atoms with Crippen LogP contribution in [0.4, 0.5) is 0 Å². The van der Waals surface area contributed by atoms with Crippen molar-refractivity contribution in [3.63, 3.8) is 0 Å². The molecule has 0 aliphatic heterocycles. The smallest absolute Gasteiger partial charge is 0.259 e. The van der Waals surface area contributed by atoms with Crippen molar-refractivity contribution in [2.45, 2.75) is 0 Å². The monoisotopic (exact) mass is 316 g/mol. The minimum atomic E-state index is -0.164. The molecule has 5 heteroatoms. The summed E-state index contributed by atoms with van der Waals surface area (Å²) in [4.78, 5) is 19.1. The number of rotatable bonds is 2. The molecule has 0 aliphatic rings. The Balaban J connectivity index is 2.01. The lowest BCUT2D eigenvalue weighted by molar-refractivity contribution is 1.14. The van der Waals surface area contributed by atoms with E-state index in [2.05, 4.69) is 9.97 Å². The number of fused-ring (bicyclic) bond motifs is 1. The number of aromatic amines is 1. The summed E-state index contributed by atoms with van der Waals surface area (Å²) in [6, 6.07) is 12.4. The molecular weight excluding hydrogens is 307 g/mol. The molecule has 0 amide bonds. The van der Waals surface area contributed by atoms with Gasteiger partial charge in [-0.15, -0.1) is 0 Å². The molecule has 0 saturated heterocycles. The summed E-state index contributed by atoms with van der Waals surface area (Å²) < 4.78 is 0. The predicted molar refractivity (Wildman–Crippen MR) is 87.8 cm³/mol. The lowest BCUT2D eigenvalue weighted by Crippen LogP contribution is -2.09. The molecule has 3 aromatic rings. The second-order valence-corrected chi connectivity index (χ2v) is 5.31. The van der Waals surface area contributed by atoms with Crippen molar-refractivity contribution in [1.29, 1.82) is 0 Å². The van der Waals surface area contributed by atoms with Crippen LogP contribution >= 0.6 is 23.2 Å². The maximum Gasteiger partial charge on any atom is 0.259 e. The van der Waals surface area contributed by atoms with Gasteiger partial charge in [0.1, 0.15) is 5.82 Å². The van der Waals surface area contributed by atoms with E-state index in [4.69, 9.17) is 23.2 Å². The Morgan fingerprint density at radius 2 is 1.86 bits per heavy atom. The van der Waals surface area contributed by atoms with Crippen LogP contribution in [0, 0.1) is 0 Å². The largest absolute Gasteiger partial charge is 0.306 e. The molecule has 3 rings (SSSR count). The third-order valence-electron chi connectivity index (χ3n) is 3.01. The minimum Gasteiger partial charge on any atom is -0.306 e. The molecule has 1 heterocycles. The van der Waals surface area contributed by atoms with Crippen molar-refractivity contribution in [3.05, 3.63) is 74.3 Å². The first-order chi connectivity index (χ1) is 10.1. The molecule has 1 N–H and O–H groups in total. The molecule has 104 valence electrons. The van der Waals surface area contributed by atoms with Gasteiger partial charge in [0.15, 0.2) is 0 Å². The Morgan fingerprint density at radius 1 is 1.05 bits per heavy atom. The van der Waals surface area contributed by atoms with Crippen molar-refractivity contribution in [2.75, 3.05) is 0 Å². The summed E-state index contributed by atoms with van der Waals surface area (Å²) in [5.41, 5.74) is 1.29. The first-order valence-electron chi connectivity index (χ1n) is 6.26. The lowest BCUT2D eigenvalue weighted by Gasteiger charge is -2.00. The van der Waals surface area contributed by atoms with Gasteiger partial charge in [0.05, 0.1) is 10.9 Å². The van der Waals surface area contributed by atoms with Gasteiger partial charge in [0.25, 0.3) is 5.56 Å². The molecule has 0 aliphatic carbocycles. The molecule has 0 bridgehead atoms. The van der Waals surface area contributed by atoms with E-state index in [-0.39, 0.29) is 5.56 Å². The average Bonchev–Trinajstić information content (AvgIpc) is 2.46. The molecule has 0 radical (unpaired) electrons. The Morgan fingerprint density at radius 3 is 2.67 bits per heavy atom. The van der Waals surface area contributed by atoms with Crippen molar-refractivity contribution in [2.24, 2.45) is 0 Å². The predicted octanol–water partition coefficient (Wildman–Crippen LogP) is 4.40.